The van der Waals surface area contributed by atoms with E-state index in [-0.39, 0.29) is 11.6 Å². The van der Waals surface area contributed by atoms with E-state index in [0.717, 1.165) is 0 Å². The Balaban J connectivity index is 3.98. The van der Waals surface area contributed by atoms with Gasteiger partial charge >= 0.3 is 0 Å². The SMILES string of the molecule is CC(CC#N)NC(C)(C)C(C)O. The molecule has 0 aliphatic heterocycles. The minimum absolute atomic E-state index is 0.125. The van der Waals surface area contributed by atoms with Crippen molar-refractivity contribution < 1.29 is 5.11 Å². The van der Waals surface area contributed by atoms with Crippen molar-refractivity contribution in [2.75, 3.05) is 0 Å². The monoisotopic (exact) mass is 170 g/mol. The first-order chi connectivity index (χ1) is 5.40. The van der Waals surface area contributed by atoms with E-state index in [0.29, 0.717) is 6.42 Å². The fourth-order valence-electron chi connectivity index (χ4n) is 0.944. The molecule has 0 radical (unpaired) electrons. The molecule has 0 aromatic heterocycles. The second kappa shape index (κ2) is 4.44. The van der Waals surface area contributed by atoms with Crippen molar-refractivity contribution in [2.24, 2.45) is 0 Å². The Hall–Kier alpha value is -0.590. The first kappa shape index (κ1) is 11.4. The van der Waals surface area contributed by atoms with Gasteiger partial charge in [0.25, 0.3) is 0 Å². The molecule has 0 rings (SSSR count). The van der Waals surface area contributed by atoms with Gasteiger partial charge < -0.3 is 10.4 Å². The molecule has 0 aliphatic rings. The molecule has 0 spiro atoms. The van der Waals surface area contributed by atoms with Gasteiger partial charge in [-0.1, -0.05) is 0 Å². The van der Waals surface area contributed by atoms with Crippen molar-refractivity contribution in [3.05, 3.63) is 0 Å². The number of aliphatic hydroxyl groups excluding tert-OH is 1. The Morgan fingerprint density at radius 2 is 2.00 bits per heavy atom. The normalized spacial score (nSPS) is 16.7. The summed E-state index contributed by atoms with van der Waals surface area (Å²) in [6.07, 6.45) is 0.0505. The maximum Gasteiger partial charge on any atom is 0.0688 e. The molecular formula is C9H18N2O. The van der Waals surface area contributed by atoms with Gasteiger partial charge in [-0.2, -0.15) is 5.26 Å². The first-order valence-electron chi connectivity index (χ1n) is 4.23. The molecule has 70 valence electrons. The number of hydrogen-bond donors (Lipinski definition) is 2. The van der Waals surface area contributed by atoms with Crippen molar-refractivity contribution in [3.8, 4) is 6.07 Å². The largest absolute Gasteiger partial charge is 0.392 e. The van der Waals surface area contributed by atoms with Crippen LogP contribution in [-0.4, -0.2) is 22.8 Å². The lowest BCUT2D eigenvalue weighted by atomic mass is 9.97. The second-order valence-electron chi connectivity index (χ2n) is 3.81. The molecule has 0 saturated carbocycles. The summed E-state index contributed by atoms with van der Waals surface area (Å²) in [5.41, 5.74) is -0.323. The standard InChI is InChI=1S/C9H18N2O/c1-7(5-6-10)11-9(3,4)8(2)12/h7-8,11-12H,5H2,1-4H3. The number of rotatable bonds is 4. The number of aliphatic hydroxyl groups is 1. The van der Waals surface area contributed by atoms with Gasteiger partial charge in [0.2, 0.25) is 0 Å². The summed E-state index contributed by atoms with van der Waals surface area (Å²) < 4.78 is 0. The third kappa shape index (κ3) is 3.70. The Bertz CT molecular complexity index is 170. The summed E-state index contributed by atoms with van der Waals surface area (Å²) in [7, 11) is 0. The van der Waals surface area contributed by atoms with Crippen LogP contribution < -0.4 is 5.32 Å². The first-order valence-corrected chi connectivity index (χ1v) is 4.23. The highest BCUT2D eigenvalue weighted by molar-refractivity contribution is 4.88. The molecule has 2 N–H and O–H groups in total. The Kier molecular flexibility index (Phi) is 4.22. The molecule has 0 heterocycles. The van der Waals surface area contributed by atoms with Crippen molar-refractivity contribution in [2.45, 2.75) is 51.8 Å². The third-order valence-electron chi connectivity index (χ3n) is 2.06. The summed E-state index contributed by atoms with van der Waals surface area (Å²) in [6.45, 7) is 7.52. The minimum atomic E-state index is -0.418. The van der Waals surface area contributed by atoms with Crippen LogP contribution in [0.2, 0.25) is 0 Å². The molecule has 0 aromatic rings. The van der Waals surface area contributed by atoms with Crippen molar-refractivity contribution in [1.29, 1.82) is 5.26 Å². The van der Waals surface area contributed by atoms with Crippen molar-refractivity contribution >= 4 is 0 Å². The maximum atomic E-state index is 9.35. The van der Waals surface area contributed by atoms with Crippen LogP contribution in [0.15, 0.2) is 0 Å². The predicted molar refractivity (Wildman–Crippen MR) is 48.6 cm³/mol. The summed E-state index contributed by atoms with van der Waals surface area (Å²) in [6, 6.07) is 2.21. The van der Waals surface area contributed by atoms with Gasteiger partial charge in [-0.05, 0) is 27.7 Å². The van der Waals surface area contributed by atoms with Gasteiger partial charge in [-0.25, -0.2) is 0 Å². The van der Waals surface area contributed by atoms with Gasteiger partial charge in [-0.3, -0.25) is 0 Å². The quantitative estimate of drug-likeness (QED) is 0.662. The molecule has 0 amide bonds. The van der Waals surface area contributed by atoms with Crippen LogP contribution in [-0.2, 0) is 0 Å². The zero-order valence-corrected chi connectivity index (χ0v) is 8.26. The van der Waals surface area contributed by atoms with Crippen molar-refractivity contribution in [3.63, 3.8) is 0 Å². The van der Waals surface area contributed by atoms with Crippen LogP contribution in [0, 0.1) is 11.3 Å². The molecule has 0 aliphatic carbocycles. The zero-order valence-electron chi connectivity index (χ0n) is 8.26. The third-order valence-corrected chi connectivity index (χ3v) is 2.06. The van der Waals surface area contributed by atoms with Gasteiger partial charge in [0.15, 0.2) is 0 Å². The van der Waals surface area contributed by atoms with Crippen LogP contribution in [0.1, 0.15) is 34.1 Å². The molecular weight excluding hydrogens is 152 g/mol. The van der Waals surface area contributed by atoms with E-state index >= 15 is 0 Å². The Morgan fingerprint density at radius 1 is 1.50 bits per heavy atom. The summed E-state index contributed by atoms with van der Waals surface area (Å²) in [4.78, 5) is 0. The lowest BCUT2D eigenvalue weighted by Gasteiger charge is -2.32. The number of nitrogens with zero attached hydrogens (tertiary/aromatic N) is 1. The van der Waals surface area contributed by atoms with E-state index in [1.807, 2.05) is 20.8 Å². The highest BCUT2D eigenvalue weighted by Crippen LogP contribution is 2.10. The highest BCUT2D eigenvalue weighted by Gasteiger charge is 2.24. The predicted octanol–water partition coefficient (Wildman–Crippen LogP) is 1.04. The Morgan fingerprint density at radius 3 is 2.33 bits per heavy atom. The minimum Gasteiger partial charge on any atom is -0.392 e. The topological polar surface area (TPSA) is 56.0 Å². The van der Waals surface area contributed by atoms with Gasteiger partial charge in [0.1, 0.15) is 0 Å². The van der Waals surface area contributed by atoms with E-state index in [9.17, 15) is 5.11 Å². The van der Waals surface area contributed by atoms with E-state index in [1.54, 1.807) is 6.92 Å². The average molecular weight is 170 g/mol. The van der Waals surface area contributed by atoms with Crippen LogP contribution in [0.5, 0.6) is 0 Å². The lowest BCUT2D eigenvalue weighted by Crippen LogP contribution is -2.51. The molecule has 3 heteroatoms. The molecule has 3 nitrogen and oxygen atoms in total. The van der Waals surface area contributed by atoms with Crippen molar-refractivity contribution in [1.82, 2.24) is 5.32 Å². The molecule has 0 aromatic carbocycles. The van der Waals surface area contributed by atoms with E-state index in [2.05, 4.69) is 11.4 Å². The van der Waals surface area contributed by atoms with E-state index < -0.39 is 6.10 Å². The molecule has 0 saturated heterocycles. The number of nitriles is 1. The van der Waals surface area contributed by atoms with Crippen LogP contribution >= 0.6 is 0 Å². The zero-order chi connectivity index (χ0) is 9.78. The fraction of sp³-hybridized carbons (Fsp3) is 0.889. The molecule has 0 bridgehead atoms. The highest BCUT2D eigenvalue weighted by atomic mass is 16.3. The molecule has 2 atom stereocenters. The van der Waals surface area contributed by atoms with E-state index in [4.69, 9.17) is 5.26 Å². The summed E-state index contributed by atoms with van der Waals surface area (Å²) in [5.74, 6) is 0. The van der Waals surface area contributed by atoms with Crippen LogP contribution in [0.25, 0.3) is 0 Å². The summed E-state index contributed by atoms with van der Waals surface area (Å²) >= 11 is 0. The summed E-state index contributed by atoms with van der Waals surface area (Å²) in [5, 5.41) is 21.0. The van der Waals surface area contributed by atoms with Crippen LogP contribution in [0.3, 0.4) is 0 Å². The van der Waals surface area contributed by atoms with Crippen LogP contribution in [0.4, 0.5) is 0 Å². The van der Waals surface area contributed by atoms with E-state index in [1.165, 1.54) is 0 Å². The van der Waals surface area contributed by atoms with Gasteiger partial charge in [0, 0.05) is 11.6 Å². The molecule has 12 heavy (non-hydrogen) atoms. The molecule has 0 fully saturated rings. The average Bonchev–Trinajstić information content (AvgIpc) is 1.85. The maximum absolute atomic E-state index is 9.35. The van der Waals surface area contributed by atoms with Gasteiger partial charge in [0.05, 0.1) is 18.6 Å². The van der Waals surface area contributed by atoms with Gasteiger partial charge in [-0.15, -0.1) is 0 Å². The second-order valence-corrected chi connectivity index (χ2v) is 3.81. The smallest absolute Gasteiger partial charge is 0.0688 e. The molecule has 2 unspecified atom stereocenters. The lowest BCUT2D eigenvalue weighted by molar-refractivity contribution is 0.0899. The number of nitrogens with one attached hydrogen (secondary N) is 1. The number of hydrogen-bond acceptors (Lipinski definition) is 3. The Labute approximate surface area is 74.4 Å². The fourth-order valence-corrected chi connectivity index (χ4v) is 0.944.